The van der Waals surface area contributed by atoms with E-state index in [1.54, 1.807) is 6.92 Å². The van der Waals surface area contributed by atoms with Crippen LogP contribution in [0.1, 0.15) is 24.0 Å². The van der Waals surface area contributed by atoms with Crippen molar-refractivity contribution >= 4 is 22.8 Å². The summed E-state index contributed by atoms with van der Waals surface area (Å²) in [6.45, 7) is 2.12. The fraction of sp³-hybridized carbons (Fsp3) is 0.312. The number of hydrogen-bond acceptors (Lipinski definition) is 4. The van der Waals surface area contributed by atoms with Crippen LogP contribution in [0.2, 0.25) is 0 Å². The van der Waals surface area contributed by atoms with E-state index in [0.29, 0.717) is 12.1 Å². The highest BCUT2D eigenvalue weighted by Crippen LogP contribution is 2.13. The van der Waals surface area contributed by atoms with E-state index in [9.17, 15) is 14.4 Å². The zero-order valence-electron chi connectivity index (χ0n) is 12.6. The summed E-state index contributed by atoms with van der Waals surface area (Å²) in [5, 5.41) is 3.67. The molecule has 0 aliphatic rings. The molecule has 0 saturated heterocycles. The number of fused-ring (bicyclic) bond motifs is 1. The third kappa shape index (κ3) is 3.94. The van der Waals surface area contributed by atoms with Gasteiger partial charge in [-0.15, -0.1) is 0 Å². The molecule has 0 aliphatic carbocycles. The van der Waals surface area contributed by atoms with Crippen molar-refractivity contribution < 1.29 is 14.3 Å². The number of carbonyl (C=O) groups excluding carboxylic acids is 2. The van der Waals surface area contributed by atoms with Gasteiger partial charge in [0, 0.05) is 24.0 Å². The van der Waals surface area contributed by atoms with Crippen molar-refractivity contribution in [3.8, 4) is 0 Å². The van der Waals surface area contributed by atoms with Crippen molar-refractivity contribution in [2.24, 2.45) is 0 Å². The minimum Gasteiger partial charge on any atom is -0.469 e. The highest BCUT2D eigenvalue weighted by Gasteiger charge is 2.07. The summed E-state index contributed by atoms with van der Waals surface area (Å²) >= 11 is 0. The molecular formula is C16H18N2O4. The molecule has 0 unspecified atom stereocenters. The van der Waals surface area contributed by atoms with E-state index in [1.165, 1.54) is 7.11 Å². The molecule has 1 heterocycles. The van der Waals surface area contributed by atoms with Gasteiger partial charge in [0.2, 0.25) is 5.91 Å². The van der Waals surface area contributed by atoms with Crippen LogP contribution in [-0.2, 0) is 20.9 Å². The monoisotopic (exact) mass is 302 g/mol. The van der Waals surface area contributed by atoms with E-state index in [0.717, 1.165) is 16.5 Å². The standard InChI is InChI=1S/C16H18N2O4/c1-10-7-12-8-11(3-4-13(12)18-16(10)21)9-17-14(19)5-6-15(20)22-2/h3-4,7-8H,5-6,9H2,1-2H3,(H,17,19)(H,18,21). The predicted octanol–water partition coefficient (Wildman–Crippen LogP) is 1.41. The van der Waals surface area contributed by atoms with Gasteiger partial charge in [0.25, 0.3) is 5.56 Å². The van der Waals surface area contributed by atoms with Crippen LogP contribution in [0.15, 0.2) is 29.1 Å². The van der Waals surface area contributed by atoms with Gasteiger partial charge in [0.15, 0.2) is 0 Å². The fourth-order valence-electron chi connectivity index (χ4n) is 2.08. The molecule has 0 bridgehead atoms. The maximum atomic E-state index is 11.6. The summed E-state index contributed by atoms with van der Waals surface area (Å²) in [5.41, 5.74) is 2.23. The van der Waals surface area contributed by atoms with Gasteiger partial charge >= 0.3 is 5.97 Å². The molecule has 2 N–H and O–H groups in total. The van der Waals surface area contributed by atoms with Gasteiger partial charge in [-0.3, -0.25) is 14.4 Å². The fourth-order valence-corrected chi connectivity index (χ4v) is 2.08. The molecule has 0 aliphatic heterocycles. The maximum Gasteiger partial charge on any atom is 0.306 e. The third-order valence-electron chi connectivity index (χ3n) is 3.37. The molecule has 116 valence electrons. The van der Waals surface area contributed by atoms with Crippen LogP contribution < -0.4 is 10.9 Å². The Morgan fingerprint density at radius 1 is 1.23 bits per heavy atom. The highest BCUT2D eigenvalue weighted by atomic mass is 16.5. The number of ether oxygens (including phenoxy) is 1. The molecule has 1 amide bonds. The summed E-state index contributed by atoms with van der Waals surface area (Å²) in [5.74, 6) is -0.608. The second kappa shape index (κ2) is 6.89. The molecule has 6 nitrogen and oxygen atoms in total. The van der Waals surface area contributed by atoms with Crippen molar-refractivity contribution in [3.05, 3.63) is 45.7 Å². The molecule has 2 aromatic rings. The van der Waals surface area contributed by atoms with Crippen LogP contribution in [0, 0.1) is 6.92 Å². The first-order valence-corrected chi connectivity index (χ1v) is 6.95. The lowest BCUT2D eigenvalue weighted by Crippen LogP contribution is -2.23. The zero-order chi connectivity index (χ0) is 16.1. The normalized spacial score (nSPS) is 10.5. The van der Waals surface area contributed by atoms with Gasteiger partial charge in [0.05, 0.1) is 13.5 Å². The Balaban J connectivity index is 2.00. The molecule has 0 atom stereocenters. The van der Waals surface area contributed by atoms with Crippen molar-refractivity contribution in [3.63, 3.8) is 0 Å². The molecule has 0 radical (unpaired) electrons. The summed E-state index contributed by atoms with van der Waals surface area (Å²) in [6.07, 6.45) is 0.174. The Morgan fingerprint density at radius 3 is 2.73 bits per heavy atom. The number of hydrogen-bond donors (Lipinski definition) is 2. The van der Waals surface area contributed by atoms with E-state index in [2.05, 4.69) is 15.0 Å². The van der Waals surface area contributed by atoms with Gasteiger partial charge in [-0.1, -0.05) is 6.07 Å². The number of nitrogens with one attached hydrogen (secondary N) is 2. The Bertz CT molecular complexity index is 764. The molecule has 2 rings (SSSR count). The quantitative estimate of drug-likeness (QED) is 0.817. The van der Waals surface area contributed by atoms with E-state index in [4.69, 9.17) is 0 Å². The number of rotatable bonds is 5. The van der Waals surface area contributed by atoms with E-state index in [1.807, 2.05) is 24.3 Å². The van der Waals surface area contributed by atoms with Crippen LogP contribution in [-0.4, -0.2) is 24.0 Å². The van der Waals surface area contributed by atoms with Gasteiger partial charge in [0.1, 0.15) is 0 Å². The highest BCUT2D eigenvalue weighted by molar-refractivity contribution is 5.82. The molecule has 0 saturated carbocycles. The van der Waals surface area contributed by atoms with E-state index in [-0.39, 0.29) is 24.3 Å². The Labute approximate surface area is 127 Å². The number of H-pyrrole nitrogens is 1. The summed E-state index contributed by atoms with van der Waals surface area (Å²) in [7, 11) is 1.29. The maximum absolute atomic E-state index is 11.6. The van der Waals surface area contributed by atoms with E-state index < -0.39 is 5.97 Å². The molecule has 6 heteroatoms. The smallest absolute Gasteiger partial charge is 0.306 e. The van der Waals surface area contributed by atoms with Gasteiger partial charge in [-0.05, 0) is 36.1 Å². The number of amides is 1. The molecular weight excluding hydrogens is 284 g/mol. The van der Waals surface area contributed by atoms with E-state index >= 15 is 0 Å². The average molecular weight is 302 g/mol. The minimum atomic E-state index is -0.403. The number of methoxy groups -OCH3 is 1. The summed E-state index contributed by atoms with van der Waals surface area (Å²) in [6, 6.07) is 7.38. The third-order valence-corrected chi connectivity index (χ3v) is 3.37. The minimum absolute atomic E-state index is 0.0699. The predicted molar refractivity (Wildman–Crippen MR) is 82.4 cm³/mol. The van der Waals surface area contributed by atoms with Crippen LogP contribution in [0.3, 0.4) is 0 Å². The second-order valence-electron chi connectivity index (χ2n) is 5.06. The Hall–Kier alpha value is -2.63. The lowest BCUT2D eigenvalue weighted by atomic mass is 10.1. The van der Waals surface area contributed by atoms with Crippen LogP contribution >= 0.6 is 0 Å². The second-order valence-corrected chi connectivity index (χ2v) is 5.06. The van der Waals surface area contributed by atoms with Crippen LogP contribution in [0.25, 0.3) is 10.9 Å². The molecule has 0 fully saturated rings. The number of pyridine rings is 1. The number of carbonyl (C=O) groups is 2. The van der Waals surface area contributed by atoms with Gasteiger partial charge in [-0.2, -0.15) is 0 Å². The Morgan fingerprint density at radius 2 is 2.00 bits per heavy atom. The summed E-state index contributed by atoms with van der Waals surface area (Å²) in [4.78, 5) is 36.9. The first kappa shape index (κ1) is 15.8. The van der Waals surface area contributed by atoms with Gasteiger partial charge in [-0.25, -0.2) is 0 Å². The number of aromatic nitrogens is 1. The molecule has 1 aromatic carbocycles. The Kier molecular flexibility index (Phi) is 4.93. The van der Waals surface area contributed by atoms with Crippen molar-refractivity contribution in [1.82, 2.24) is 10.3 Å². The number of aromatic amines is 1. The number of esters is 1. The molecule has 1 aromatic heterocycles. The van der Waals surface area contributed by atoms with Crippen molar-refractivity contribution in [1.29, 1.82) is 0 Å². The summed E-state index contributed by atoms with van der Waals surface area (Å²) < 4.78 is 4.48. The van der Waals surface area contributed by atoms with Crippen molar-refractivity contribution in [2.45, 2.75) is 26.3 Å². The first-order chi connectivity index (χ1) is 10.5. The van der Waals surface area contributed by atoms with Crippen LogP contribution in [0.5, 0.6) is 0 Å². The van der Waals surface area contributed by atoms with Gasteiger partial charge < -0.3 is 15.0 Å². The average Bonchev–Trinajstić information content (AvgIpc) is 2.51. The molecule has 22 heavy (non-hydrogen) atoms. The molecule has 0 spiro atoms. The first-order valence-electron chi connectivity index (χ1n) is 6.95. The number of aryl methyl sites for hydroxylation is 1. The lowest BCUT2D eigenvalue weighted by Gasteiger charge is -2.07. The largest absolute Gasteiger partial charge is 0.469 e. The number of benzene rings is 1. The van der Waals surface area contributed by atoms with Crippen LogP contribution in [0.4, 0.5) is 0 Å². The topological polar surface area (TPSA) is 88.3 Å². The van der Waals surface area contributed by atoms with Crippen molar-refractivity contribution in [2.75, 3.05) is 7.11 Å². The SMILES string of the molecule is COC(=O)CCC(=O)NCc1ccc2[nH]c(=O)c(C)cc2c1. The zero-order valence-corrected chi connectivity index (χ0v) is 12.6. The lowest BCUT2D eigenvalue weighted by molar-refractivity contribution is -0.142.